The Balaban J connectivity index is 1.77. The first-order valence-electron chi connectivity index (χ1n) is 10.6. The van der Waals surface area contributed by atoms with E-state index in [1.54, 1.807) is 63.6 Å². The number of carbonyl (C=O) groups is 1. The highest BCUT2D eigenvalue weighted by Gasteiger charge is 2.28. The van der Waals surface area contributed by atoms with Crippen molar-refractivity contribution < 1.29 is 22.7 Å². The summed E-state index contributed by atoms with van der Waals surface area (Å²) in [5.41, 5.74) is 1.98. The number of benzene rings is 3. The zero-order valence-electron chi connectivity index (χ0n) is 19.2. The van der Waals surface area contributed by atoms with Crippen LogP contribution in [0.1, 0.15) is 11.1 Å². The lowest BCUT2D eigenvalue weighted by Gasteiger charge is -2.26. The number of methoxy groups -OCH3 is 2. The largest absolute Gasteiger partial charge is 0.493 e. The Morgan fingerprint density at radius 3 is 2.35 bits per heavy atom. The zero-order valence-corrected chi connectivity index (χ0v) is 20.8. The zero-order chi connectivity index (χ0) is 24.7. The monoisotopic (exact) mass is 502 g/mol. The van der Waals surface area contributed by atoms with E-state index in [4.69, 9.17) is 21.1 Å². The number of nitrogens with zero attached hydrogens (tertiary/aromatic N) is 1. The van der Waals surface area contributed by atoms with Gasteiger partial charge in [-0.3, -0.25) is 9.10 Å². The van der Waals surface area contributed by atoms with Gasteiger partial charge < -0.3 is 14.8 Å². The van der Waals surface area contributed by atoms with Crippen molar-refractivity contribution in [3.05, 3.63) is 82.9 Å². The van der Waals surface area contributed by atoms with Crippen LogP contribution in [-0.4, -0.2) is 41.6 Å². The second kappa shape index (κ2) is 11.3. The molecule has 0 aliphatic carbocycles. The van der Waals surface area contributed by atoms with Crippen molar-refractivity contribution in [2.75, 3.05) is 31.6 Å². The van der Waals surface area contributed by atoms with Gasteiger partial charge in [-0.05, 0) is 60.9 Å². The van der Waals surface area contributed by atoms with Gasteiger partial charge in [-0.2, -0.15) is 0 Å². The first kappa shape index (κ1) is 25.4. The molecule has 180 valence electrons. The molecule has 0 aliphatic rings. The minimum Gasteiger partial charge on any atom is -0.493 e. The number of hydrogen-bond acceptors (Lipinski definition) is 5. The fourth-order valence-electron chi connectivity index (χ4n) is 3.44. The molecular formula is C25H27ClN2O5S. The van der Waals surface area contributed by atoms with Gasteiger partial charge in [0.25, 0.3) is 10.0 Å². The summed E-state index contributed by atoms with van der Waals surface area (Å²) >= 11 is 6.15. The van der Waals surface area contributed by atoms with Crippen LogP contribution in [0.15, 0.2) is 71.6 Å². The smallest absolute Gasteiger partial charge is 0.264 e. The third-order valence-electron chi connectivity index (χ3n) is 5.24. The molecule has 0 saturated carbocycles. The quantitative estimate of drug-likeness (QED) is 0.448. The van der Waals surface area contributed by atoms with Crippen LogP contribution < -0.4 is 19.1 Å². The Hall–Kier alpha value is -3.23. The Kier molecular flexibility index (Phi) is 8.41. The molecule has 1 N–H and O–H groups in total. The summed E-state index contributed by atoms with van der Waals surface area (Å²) in [4.78, 5) is 12.9. The summed E-state index contributed by atoms with van der Waals surface area (Å²) in [5, 5.41) is 3.18. The number of ether oxygens (including phenoxy) is 2. The summed E-state index contributed by atoms with van der Waals surface area (Å²) in [6, 6.07) is 18.5. The molecule has 0 heterocycles. The molecule has 7 nitrogen and oxygen atoms in total. The Bertz CT molecular complexity index is 1250. The van der Waals surface area contributed by atoms with E-state index in [0.29, 0.717) is 40.7 Å². The van der Waals surface area contributed by atoms with E-state index in [0.717, 1.165) is 9.87 Å². The predicted molar refractivity (Wildman–Crippen MR) is 133 cm³/mol. The second-order valence-corrected chi connectivity index (χ2v) is 9.84. The Morgan fingerprint density at radius 2 is 1.68 bits per heavy atom. The normalized spacial score (nSPS) is 11.1. The van der Waals surface area contributed by atoms with Crippen LogP contribution >= 0.6 is 11.6 Å². The Morgan fingerprint density at radius 1 is 0.971 bits per heavy atom. The van der Waals surface area contributed by atoms with Gasteiger partial charge in [0.15, 0.2) is 11.5 Å². The molecule has 0 bridgehead atoms. The van der Waals surface area contributed by atoms with Gasteiger partial charge in [0.1, 0.15) is 6.54 Å². The first-order valence-corrected chi connectivity index (χ1v) is 12.4. The van der Waals surface area contributed by atoms with Crippen molar-refractivity contribution in [3.8, 4) is 11.5 Å². The van der Waals surface area contributed by atoms with E-state index in [1.165, 1.54) is 12.1 Å². The van der Waals surface area contributed by atoms with E-state index < -0.39 is 15.9 Å². The van der Waals surface area contributed by atoms with Crippen molar-refractivity contribution >= 4 is 33.2 Å². The summed E-state index contributed by atoms with van der Waals surface area (Å²) in [7, 11) is -0.876. The number of amides is 1. The van der Waals surface area contributed by atoms with E-state index in [2.05, 4.69) is 5.32 Å². The van der Waals surface area contributed by atoms with Gasteiger partial charge in [0.05, 0.1) is 24.8 Å². The standard InChI is InChI=1S/C25H27ClN2O5S/c1-18-9-11-20(26)16-22(18)28(34(30,31)21-7-5-4-6-8-21)17-25(29)27-14-13-19-10-12-23(32-2)24(15-19)33-3/h4-12,15-16H,13-14,17H2,1-3H3,(H,27,29). The number of halogens is 1. The first-order chi connectivity index (χ1) is 16.3. The molecular weight excluding hydrogens is 476 g/mol. The molecule has 0 spiro atoms. The minimum absolute atomic E-state index is 0.0903. The average Bonchev–Trinajstić information content (AvgIpc) is 2.84. The number of rotatable bonds is 10. The highest BCUT2D eigenvalue weighted by atomic mass is 35.5. The van der Waals surface area contributed by atoms with Crippen LogP contribution in [0.3, 0.4) is 0 Å². The lowest BCUT2D eigenvalue weighted by molar-refractivity contribution is -0.119. The molecule has 0 atom stereocenters. The van der Waals surface area contributed by atoms with Crippen molar-refractivity contribution in [2.45, 2.75) is 18.2 Å². The highest BCUT2D eigenvalue weighted by Crippen LogP contribution is 2.30. The maximum absolute atomic E-state index is 13.4. The number of sulfonamides is 1. The van der Waals surface area contributed by atoms with Gasteiger partial charge in [0.2, 0.25) is 5.91 Å². The number of anilines is 1. The van der Waals surface area contributed by atoms with Crippen molar-refractivity contribution in [3.63, 3.8) is 0 Å². The fourth-order valence-corrected chi connectivity index (χ4v) is 5.10. The van der Waals surface area contributed by atoms with Crippen molar-refractivity contribution in [1.82, 2.24) is 5.32 Å². The second-order valence-electron chi connectivity index (χ2n) is 7.54. The van der Waals surface area contributed by atoms with E-state index >= 15 is 0 Å². The topological polar surface area (TPSA) is 84.9 Å². The van der Waals surface area contributed by atoms with Crippen LogP contribution in [0.25, 0.3) is 0 Å². The molecule has 1 amide bonds. The van der Waals surface area contributed by atoms with Crippen LogP contribution in [0, 0.1) is 6.92 Å². The molecule has 3 aromatic rings. The van der Waals surface area contributed by atoms with Crippen LogP contribution in [0.5, 0.6) is 11.5 Å². The number of carbonyl (C=O) groups excluding carboxylic acids is 1. The van der Waals surface area contributed by atoms with Gasteiger partial charge in [-0.1, -0.05) is 41.9 Å². The molecule has 3 rings (SSSR count). The van der Waals surface area contributed by atoms with Gasteiger partial charge in [-0.25, -0.2) is 8.42 Å². The minimum atomic E-state index is -4.00. The van der Waals surface area contributed by atoms with E-state index in [9.17, 15) is 13.2 Å². The number of nitrogens with one attached hydrogen (secondary N) is 1. The average molecular weight is 503 g/mol. The van der Waals surface area contributed by atoms with Crippen LogP contribution in [0.4, 0.5) is 5.69 Å². The summed E-state index contributed by atoms with van der Waals surface area (Å²) in [6.45, 7) is 1.71. The molecule has 9 heteroatoms. The van der Waals surface area contributed by atoms with Crippen LogP contribution in [-0.2, 0) is 21.2 Å². The number of aryl methyl sites for hydroxylation is 1. The highest BCUT2D eigenvalue weighted by molar-refractivity contribution is 7.92. The molecule has 0 aliphatic heterocycles. The van der Waals surface area contributed by atoms with Crippen LogP contribution in [0.2, 0.25) is 5.02 Å². The van der Waals surface area contributed by atoms with Gasteiger partial charge in [-0.15, -0.1) is 0 Å². The molecule has 34 heavy (non-hydrogen) atoms. The van der Waals surface area contributed by atoms with Crippen molar-refractivity contribution in [2.24, 2.45) is 0 Å². The fraction of sp³-hybridized carbons (Fsp3) is 0.240. The third-order valence-corrected chi connectivity index (χ3v) is 7.25. The van der Waals surface area contributed by atoms with E-state index in [-0.39, 0.29) is 11.4 Å². The number of hydrogen-bond donors (Lipinski definition) is 1. The lowest BCUT2D eigenvalue weighted by atomic mass is 10.1. The molecule has 3 aromatic carbocycles. The van der Waals surface area contributed by atoms with Crippen molar-refractivity contribution in [1.29, 1.82) is 0 Å². The summed E-state index contributed by atoms with van der Waals surface area (Å²) < 4.78 is 38.5. The van der Waals surface area contributed by atoms with Gasteiger partial charge in [0, 0.05) is 11.6 Å². The van der Waals surface area contributed by atoms with E-state index in [1.807, 2.05) is 12.1 Å². The maximum Gasteiger partial charge on any atom is 0.264 e. The molecule has 0 unspecified atom stereocenters. The molecule has 0 saturated heterocycles. The summed E-state index contributed by atoms with van der Waals surface area (Å²) in [5.74, 6) is 0.788. The van der Waals surface area contributed by atoms with Gasteiger partial charge >= 0.3 is 0 Å². The summed E-state index contributed by atoms with van der Waals surface area (Å²) in [6.07, 6.45) is 0.535. The molecule has 0 radical (unpaired) electrons. The Labute approximate surface area is 205 Å². The lowest BCUT2D eigenvalue weighted by Crippen LogP contribution is -2.41. The molecule has 0 aromatic heterocycles. The SMILES string of the molecule is COc1ccc(CCNC(=O)CN(c2cc(Cl)ccc2C)S(=O)(=O)c2ccccc2)cc1OC. The molecule has 0 fully saturated rings. The predicted octanol–water partition coefficient (Wildman–Crippen LogP) is 4.22. The maximum atomic E-state index is 13.4. The third kappa shape index (κ3) is 6.01.